The van der Waals surface area contributed by atoms with Gasteiger partial charge >= 0.3 is 0 Å². The lowest BCUT2D eigenvalue weighted by atomic mass is 9.68. The lowest BCUT2D eigenvalue weighted by Crippen LogP contribution is -2.31. The number of oxime groups is 1. The van der Waals surface area contributed by atoms with Crippen molar-refractivity contribution in [1.82, 2.24) is 20.4 Å². The molecule has 67 heavy (non-hydrogen) atoms. The van der Waals surface area contributed by atoms with Crippen molar-refractivity contribution in [2.45, 2.75) is 62.2 Å². The third kappa shape index (κ3) is 7.89. The first kappa shape index (κ1) is 44.9. The van der Waals surface area contributed by atoms with Gasteiger partial charge in [-0.25, -0.2) is 0 Å². The van der Waals surface area contributed by atoms with Crippen molar-refractivity contribution in [2.75, 3.05) is 42.7 Å². The van der Waals surface area contributed by atoms with Crippen molar-refractivity contribution in [3.63, 3.8) is 0 Å². The van der Waals surface area contributed by atoms with Crippen molar-refractivity contribution >= 4 is 23.6 Å². The normalized spacial score (nSPS) is 19.7. The molecule has 4 aliphatic rings. The number of carbonyl (C=O) groups excluding carboxylic acids is 1. The van der Waals surface area contributed by atoms with Crippen LogP contribution in [0.4, 0.5) is 0 Å². The Kier molecular flexibility index (Phi) is 12.7. The van der Waals surface area contributed by atoms with Gasteiger partial charge in [0.2, 0.25) is 11.5 Å². The highest BCUT2D eigenvalue weighted by Gasteiger charge is 2.41. The lowest BCUT2D eigenvalue weighted by molar-refractivity contribution is 0.0849. The largest absolute Gasteiger partial charge is 0.493 e. The number of ketones is 1. The fraction of sp³-hybridized carbons (Fsp3) is 0.333. The van der Waals surface area contributed by atoms with Gasteiger partial charge in [-0.05, 0) is 72.2 Å². The number of Topliss-reactive ketones (excluding diaryl/α,β-unsaturated/α-hetero) is 1. The molecule has 13 heteroatoms. The van der Waals surface area contributed by atoms with E-state index in [4.69, 9.17) is 28.4 Å². The molecular formula is C54H57N5O8. The summed E-state index contributed by atoms with van der Waals surface area (Å²) in [6.45, 7) is 0. The predicted octanol–water partition coefficient (Wildman–Crippen LogP) is 9.94. The first-order valence-electron chi connectivity index (χ1n) is 22.8. The van der Waals surface area contributed by atoms with E-state index in [-0.39, 0.29) is 17.6 Å². The van der Waals surface area contributed by atoms with Crippen LogP contribution in [0.1, 0.15) is 99.5 Å². The van der Waals surface area contributed by atoms with Gasteiger partial charge in [-0.15, -0.1) is 0 Å². The molecule has 0 radical (unpaired) electrons. The number of aromatic nitrogens is 4. The number of methoxy groups -OCH3 is 6. The van der Waals surface area contributed by atoms with Gasteiger partial charge < -0.3 is 33.6 Å². The van der Waals surface area contributed by atoms with Crippen molar-refractivity contribution < 1.29 is 38.4 Å². The Morgan fingerprint density at radius 2 is 0.970 bits per heavy atom. The fourth-order valence-corrected chi connectivity index (χ4v) is 10.1. The Morgan fingerprint density at radius 1 is 0.567 bits per heavy atom. The third-order valence-corrected chi connectivity index (χ3v) is 14.2. The smallest absolute Gasteiger partial charge is 0.203 e. The van der Waals surface area contributed by atoms with E-state index >= 15 is 0 Å². The van der Waals surface area contributed by atoms with Crippen molar-refractivity contribution in [2.24, 2.45) is 17.0 Å². The first-order chi connectivity index (χ1) is 32.8. The molecule has 2 atom stereocenters. The van der Waals surface area contributed by atoms with E-state index < -0.39 is 10.8 Å². The molecule has 4 aromatic carbocycles. The van der Waals surface area contributed by atoms with Gasteiger partial charge in [0.05, 0.1) is 42.7 Å². The number of fused-ring (bicyclic) bond motifs is 2. The maximum absolute atomic E-state index is 12.9. The van der Waals surface area contributed by atoms with Crippen LogP contribution in [0.3, 0.4) is 0 Å². The molecule has 13 nitrogen and oxygen atoms in total. The van der Waals surface area contributed by atoms with Crippen LogP contribution in [0, 0.1) is 11.8 Å². The Morgan fingerprint density at radius 3 is 1.33 bits per heavy atom. The molecule has 0 spiro atoms. The predicted molar refractivity (Wildman–Crippen MR) is 257 cm³/mol. The van der Waals surface area contributed by atoms with Crippen LogP contribution in [0.25, 0.3) is 12.2 Å². The maximum Gasteiger partial charge on any atom is 0.203 e. The molecule has 0 saturated heterocycles. The zero-order chi connectivity index (χ0) is 46.7. The summed E-state index contributed by atoms with van der Waals surface area (Å²) >= 11 is 0. The van der Waals surface area contributed by atoms with E-state index in [0.29, 0.717) is 58.7 Å². The lowest BCUT2D eigenvalue weighted by Gasteiger charge is -2.35. The Labute approximate surface area is 390 Å². The summed E-state index contributed by atoms with van der Waals surface area (Å²) in [6.07, 6.45) is 16.1. The van der Waals surface area contributed by atoms with E-state index in [2.05, 4.69) is 68.0 Å². The molecule has 4 aliphatic carbocycles. The molecule has 2 saturated carbocycles. The number of hydrogen-bond acceptors (Lipinski definition) is 11. The van der Waals surface area contributed by atoms with E-state index in [1.165, 1.54) is 0 Å². The molecule has 0 amide bonds. The fourth-order valence-electron chi connectivity index (χ4n) is 10.1. The Bertz CT molecular complexity index is 2790. The average Bonchev–Trinajstić information content (AvgIpc) is 3.97. The molecule has 6 aromatic rings. The summed E-state index contributed by atoms with van der Waals surface area (Å²) < 4.78 is 33.7. The minimum Gasteiger partial charge on any atom is -0.493 e. The second kappa shape index (κ2) is 18.9. The summed E-state index contributed by atoms with van der Waals surface area (Å²) in [5.41, 5.74) is 9.13. The number of allylic oxidation sites excluding steroid dienone is 2. The molecule has 2 aromatic heterocycles. The molecule has 0 aliphatic heterocycles. The number of aromatic amines is 2. The number of nitrogens with one attached hydrogen (secondary N) is 2. The summed E-state index contributed by atoms with van der Waals surface area (Å²) in [5.74, 6) is 4.08. The van der Waals surface area contributed by atoms with E-state index in [1.54, 1.807) is 42.7 Å². The van der Waals surface area contributed by atoms with Crippen molar-refractivity contribution in [3.8, 4) is 34.5 Å². The van der Waals surface area contributed by atoms with Crippen molar-refractivity contribution in [1.29, 1.82) is 0 Å². The van der Waals surface area contributed by atoms with E-state index in [9.17, 15) is 10.0 Å². The molecule has 2 heterocycles. The van der Waals surface area contributed by atoms with Gasteiger partial charge in [-0.3, -0.25) is 15.0 Å². The second-order valence-corrected chi connectivity index (χ2v) is 17.6. The summed E-state index contributed by atoms with van der Waals surface area (Å²) in [7, 11) is 9.71. The van der Waals surface area contributed by atoms with Gasteiger partial charge in [0.25, 0.3) is 0 Å². The molecule has 2 fully saturated rings. The molecule has 3 N–H and O–H groups in total. The number of benzene rings is 4. The minimum atomic E-state index is -0.496. The van der Waals surface area contributed by atoms with Crippen LogP contribution in [0.2, 0.25) is 0 Å². The number of nitrogens with zero attached hydrogens (tertiary/aromatic N) is 3. The SMILES string of the molecule is COc1cc(C2(c3ccccc3)C=Cc3c(C(=NO)C4CCC4)n[nH]c3C2)cc(OC)c1OC.COc1cc(C2(c3ccccc3)C=Cc3c(C(=O)C4CCC4)n[nH]c3C2)cc(OC)c1OC. The summed E-state index contributed by atoms with van der Waals surface area (Å²) in [5, 5.41) is 28.8. The van der Waals surface area contributed by atoms with Crippen LogP contribution in [0.5, 0.6) is 34.5 Å². The Balaban J connectivity index is 0.000000168. The van der Waals surface area contributed by atoms with Gasteiger partial charge in [-0.1, -0.05) is 103 Å². The topological polar surface area (TPSA) is 162 Å². The molecular weight excluding hydrogens is 847 g/mol. The van der Waals surface area contributed by atoms with Crippen LogP contribution >= 0.6 is 0 Å². The quantitative estimate of drug-likeness (QED) is 0.0415. The van der Waals surface area contributed by atoms with Crippen LogP contribution in [0.15, 0.2) is 102 Å². The number of H-pyrrole nitrogens is 2. The number of ether oxygens (including phenoxy) is 6. The van der Waals surface area contributed by atoms with Gasteiger partial charge in [0.15, 0.2) is 28.8 Å². The second-order valence-electron chi connectivity index (χ2n) is 17.6. The van der Waals surface area contributed by atoms with Crippen LogP contribution in [-0.2, 0) is 23.7 Å². The monoisotopic (exact) mass is 903 g/mol. The van der Waals surface area contributed by atoms with Crippen molar-refractivity contribution in [3.05, 3.63) is 153 Å². The highest BCUT2D eigenvalue weighted by molar-refractivity contribution is 6.04. The number of carbonyl (C=O) groups is 1. The average molecular weight is 904 g/mol. The first-order valence-corrected chi connectivity index (χ1v) is 22.8. The van der Waals surface area contributed by atoms with Crippen LogP contribution < -0.4 is 28.4 Å². The molecule has 2 unspecified atom stereocenters. The molecule has 0 bridgehead atoms. The minimum absolute atomic E-state index is 0.113. The third-order valence-electron chi connectivity index (χ3n) is 14.2. The summed E-state index contributed by atoms with van der Waals surface area (Å²) in [6, 6.07) is 28.7. The zero-order valence-electron chi connectivity index (χ0n) is 38.9. The summed E-state index contributed by atoms with van der Waals surface area (Å²) in [4.78, 5) is 12.9. The maximum atomic E-state index is 12.9. The highest BCUT2D eigenvalue weighted by Crippen LogP contribution is 2.50. The number of rotatable bonds is 14. The van der Waals surface area contributed by atoms with Gasteiger partial charge in [-0.2, -0.15) is 10.2 Å². The Hall–Kier alpha value is -7.28. The standard InChI is InChI=1S/C27H29N3O4.C27H28N2O4/c1-32-22-14-19(15-23(33-2)26(22)34-3)27(18-10-5-4-6-11-18)13-12-20-21(16-27)28-29-25(20)24(30-31)17-8-7-9-17;1-31-22-14-19(15-23(32-2)26(22)33-3)27(18-10-5-4-6-11-18)13-12-20-21(16-27)28-29-24(20)25(30)17-8-7-9-17/h4-6,10-15,17,31H,7-9,16H2,1-3H3,(H,28,29);4-6,10-15,17H,7-9,16H2,1-3H3,(H,28,29). The molecule has 346 valence electrons. The zero-order valence-corrected chi connectivity index (χ0v) is 38.9. The molecule has 10 rings (SSSR count). The number of hydrogen-bond donors (Lipinski definition) is 3. The van der Waals surface area contributed by atoms with E-state index in [0.717, 1.165) is 89.0 Å². The van der Waals surface area contributed by atoms with E-state index in [1.807, 2.05) is 66.7 Å². The highest BCUT2D eigenvalue weighted by atomic mass is 16.5. The van der Waals surface area contributed by atoms with Gasteiger partial charge in [0.1, 0.15) is 17.1 Å². The van der Waals surface area contributed by atoms with Crippen LogP contribution in [-0.4, -0.2) is 79.8 Å². The van der Waals surface area contributed by atoms with Gasteiger partial charge in [0, 0.05) is 58.0 Å².